The number of nitrogens with one attached hydrogen (secondary N) is 1. The minimum absolute atomic E-state index is 0.135. The predicted molar refractivity (Wildman–Crippen MR) is 64.9 cm³/mol. The number of hydrogen-bond acceptors (Lipinski definition) is 3. The smallest absolute Gasteiger partial charge is 0.125 e. The lowest BCUT2D eigenvalue weighted by Crippen LogP contribution is -2.34. The van der Waals surface area contributed by atoms with Crippen LogP contribution in [0.15, 0.2) is 22.7 Å². The first-order valence-electron chi connectivity index (χ1n) is 4.91. The molecule has 5 heteroatoms. The summed E-state index contributed by atoms with van der Waals surface area (Å²) < 4.78 is 13.7. The number of anilines is 1. The maximum absolute atomic E-state index is 13.0. The van der Waals surface area contributed by atoms with E-state index in [1.807, 2.05) is 0 Å². The lowest BCUT2D eigenvalue weighted by molar-refractivity contribution is 0.0806. The first-order chi connectivity index (χ1) is 7.50. The molecule has 0 aromatic heterocycles. The standard InChI is InChI=1S/C11H15BrFNO2/c1-11(6-15,7-16)5-14-10-4-8(13)2-3-9(10)12/h2-4,14-16H,5-7H2,1H3. The molecule has 0 aliphatic carbocycles. The highest BCUT2D eigenvalue weighted by molar-refractivity contribution is 9.10. The molecule has 1 rings (SSSR count). The molecule has 0 aliphatic heterocycles. The van der Waals surface area contributed by atoms with Crippen LogP contribution in [0, 0.1) is 11.2 Å². The average Bonchev–Trinajstić information content (AvgIpc) is 2.30. The van der Waals surface area contributed by atoms with E-state index in [-0.39, 0.29) is 19.0 Å². The summed E-state index contributed by atoms with van der Waals surface area (Å²) in [4.78, 5) is 0. The van der Waals surface area contributed by atoms with Crippen molar-refractivity contribution in [3.63, 3.8) is 0 Å². The molecule has 0 unspecified atom stereocenters. The Morgan fingerprint density at radius 1 is 1.38 bits per heavy atom. The first-order valence-corrected chi connectivity index (χ1v) is 5.71. The molecule has 0 saturated carbocycles. The summed E-state index contributed by atoms with van der Waals surface area (Å²) >= 11 is 3.29. The number of hydrogen-bond donors (Lipinski definition) is 3. The van der Waals surface area contributed by atoms with Gasteiger partial charge in [-0.3, -0.25) is 0 Å². The van der Waals surface area contributed by atoms with Gasteiger partial charge in [0.1, 0.15) is 5.82 Å². The molecule has 0 aliphatic rings. The Morgan fingerprint density at radius 2 is 2.00 bits per heavy atom. The lowest BCUT2D eigenvalue weighted by Gasteiger charge is -2.25. The van der Waals surface area contributed by atoms with E-state index in [2.05, 4.69) is 21.2 Å². The summed E-state index contributed by atoms with van der Waals surface area (Å²) in [6.45, 7) is 1.84. The first kappa shape index (κ1) is 13.4. The third-order valence-corrected chi connectivity index (χ3v) is 3.09. The summed E-state index contributed by atoms with van der Waals surface area (Å²) in [5.41, 5.74) is -0.0145. The zero-order chi connectivity index (χ0) is 12.2. The van der Waals surface area contributed by atoms with Crippen LogP contribution in [0.3, 0.4) is 0 Å². The third-order valence-electron chi connectivity index (χ3n) is 2.40. The quantitative estimate of drug-likeness (QED) is 0.778. The fourth-order valence-electron chi connectivity index (χ4n) is 1.10. The molecule has 0 radical (unpaired) electrons. The molecule has 1 aromatic rings. The highest BCUT2D eigenvalue weighted by atomic mass is 79.9. The molecule has 0 bridgehead atoms. The van der Waals surface area contributed by atoms with E-state index in [0.29, 0.717) is 12.2 Å². The van der Waals surface area contributed by atoms with Crippen LogP contribution in [-0.2, 0) is 0 Å². The normalized spacial score (nSPS) is 11.6. The second-order valence-corrected chi connectivity index (χ2v) is 4.96. The molecule has 0 heterocycles. The van der Waals surface area contributed by atoms with Crippen molar-refractivity contribution >= 4 is 21.6 Å². The van der Waals surface area contributed by atoms with Gasteiger partial charge >= 0.3 is 0 Å². The molecule has 0 saturated heterocycles. The number of aliphatic hydroxyl groups is 2. The molecule has 3 N–H and O–H groups in total. The van der Waals surface area contributed by atoms with Crippen molar-refractivity contribution < 1.29 is 14.6 Å². The predicted octanol–water partition coefficient (Wildman–Crippen LogP) is 1.99. The van der Waals surface area contributed by atoms with Crippen LogP contribution in [0.25, 0.3) is 0 Å². The molecular weight excluding hydrogens is 277 g/mol. The molecule has 0 spiro atoms. The van der Waals surface area contributed by atoms with Gasteiger partial charge in [0.2, 0.25) is 0 Å². The molecule has 0 amide bonds. The van der Waals surface area contributed by atoms with Gasteiger partial charge < -0.3 is 15.5 Å². The van der Waals surface area contributed by atoms with Crippen LogP contribution < -0.4 is 5.32 Å². The monoisotopic (exact) mass is 291 g/mol. The van der Waals surface area contributed by atoms with Crippen molar-refractivity contribution in [2.45, 2.75) is 6.92 Å². The van der Waals surface area contributed by atoms with E-state index in [9.17, 15) is 4.39 Å². The van der Waals surface area contributed by atoms with Crippen LogP contribution in [-0.4, -0.2) is 30.0 Å². The van der Waals surface area contributed by atoms with Crippen molar-refractivity contribution in [1.82, 2.24) is 0 Å². The Kier molecular flexibility index (Phi) is 4.70. The molecule has 3 nitrogen and oxygen atoms in total. The second kappa shape index (κ2) is 5.61. The molecule has 90 valence electrons. The van der Waals surface area contributed by atoms with Gasteiger partial charge in [-0.2, -0.15) is 0 Å². The third kappa shape index (κ3) is 3.43. The number of aliphatic hydroxyl groups excluding tert-OH is 2. The van der Waals surface area contributed by atoms with E-state index in [1.54, 1.807) is 13.0 Å². The highest BCUT2D eigenvalue weighted by Gasteiger charge is 2.22. The van der Waals surface area contributed by atoms with Crippen molar-refractivity contribution in [3.8, 4) is 0 Å². The summed E-state index contributed by atoms with van der Waals surface area (Å²) in [7, 11) is 0. The van der Waals surface area contributed by atoms with Gasteiger partial charge in [-0.25, -0.2) is 4.39 Å². The van der Waals surface area contributed by atoms with E-state index >= 15 is 0 Å². The summed E-state index contributed by atoms with van der Waals surface area (Å²) in [6.07, 6.45) is 0. The number of benzene rings is 1. The Labute approximate surface area is 102 Å². The van der Waals surface area contributed by atoms with Gasteiger partial charge in [-0.15, -0.1) is 0 Å². The molecule has 0 fully saturated rings. The average molecular weight is 292 g/mol. The van der Waals surface area contributed by atoms with Crippen molar-refractivity contribution in [1.29, 1.82) is 0 Å². The van der Waals surface area contributed by atoms with Crippen molar-refractivity contribution in [2.24, 2.45) is 5.41 Å². The highest BCUT2D eigenvalue weighted by Crippen LogP contribution is 2.24. The van der Waals surface area contributed by atoms with Gasteiger partial charge in [0.05, 0.1) is 18.9 Å². The van der Waals surface area contributed by atoms with Crippen LogP contribution in [0.1, 0.15) is 6.92 Å². The number of halogens is 2. The van der Waals surface area contributed by atoms with E-state index in [1.165, 1.54) is 12.1 Å². The Morgan fingerprint density at radius 3 is 2.56 bits per heavy atom. The van der Waals surface area contributed by atoms with Crippen LogP contribution in [0.5, 0.6) is 0 Å². The lowest BCUT2D eigenvalue weighted by atomic mass is 9.93. The largest absolute Gasteiger partial charge is 0.396 e. The van der Waals surface area contributed by atoms with E-state index in [0.717, 1.165) is 4.47 Å². The molecule has 1 aromatic carbocycles. The van der Waals surface area contributed by atoms with E-state index in [4.69, 9.17) is 10.2 Å². The van der Waals surface area contributed by atoms with Crippen LogP contribution in [0.2, 0.25) is 0 Å². The molecule has 16 heavy (non-hydrogen) atoms. The Balaban J connectivity index is 2.70. The van der Waals surface area contributed by atoms with Gasteiger partial charge in [0.15, 0.2) is 0 Å². The maximum atomic E-state index is 13.0. The minimum atomic E-state index is -0.619. The zero-order valence-corrected chi connectivity index (χ0v) is 10.6. The van der Waals surface area contributed by atoms with Gasteiger partial charge in [0.25, 0.3) is 0 Å². The number of rotatable bonds is 5. The van der Waals surface area contributed by atoms with Crippen molar-refractivity contribution in [2.75, 3.05) is 25.1 Å². The van der Waals surface area contributed by atoms with Gasteiger partial charge in [-0.05, 0) is 34.1 Å². The topological polar surface area (TPSA) is 52.5 Å². The Hall–Kier alpha value is -0.650. The summed E-state index contributed by atoms with van der Waals surface area (Å²) in [5, 5.41) is 21.2. The SMILES string of the molecule is CC(CO)(CO)CNc1cc(F)ccc1Br. The summed E-state index contributed by atoms with van der Waals surface area (Å²) in [6, 6.07) is 4.32. The van der Waals surface area contributed by atoms with E-state index < -0.39 is 5.41 Å². The van der Waals surface area contributed by atoms with Crippen LogP contribution >= 0.6 is 15.9 Å². The van der Waals surface area contributed by atoms with Crippen LogP contribution in [0.4, 0.5) is 10.1 Å². The fraction of sp³-hybridized carbons (Fsp3) is 0.455. The molecular formula is C11H15BrFNO2. The zero-order valence-electron chi connectivity index (χ0n) is 9.00. The van der Waals surface area contributed by atoms with Gasteiger partial charge in [0, 0.05) is 16.4 Å². The van der Waals surface area contributed by atoms with Crippen molar-refractivity contribution in [3.05, 3.63) is 28.5 Å². The second-order valence-electron chi connectivity index (χ2n) is 4.10. The summed E-state index contributed by atoms with van der Waals surface area (Å²) in [5.74, 6) is -0.333. The maximum Gasteiger partial charge on any atom is 0.125 e. The molecule has 0 atom stereocenters. The fourth-order valence-corrected chi connectivity index (χ4v) is 1.49. The van der Waals surface area contributed by atoms with Gasteiger partial charge in [-0.1, -0.05) is 6.92 Å². The Bertz CT molecular complexity index is 356. The minimum Gasteiger partial charge on any atom is -0.396 e.